The molecule has 1 saturated carbocycles. The molecule has 0 heterocycles. The quantitative estimate of drug-likeness (QED) is 0.478. The van der Waals surface area contributed by atoms with E-state index in [9.17, 15) is 20.1 Å². The molecule has 1 fully saturated rings. The molecule has 3 rings (SSSR count). The zero-order valence-corrected chi connectivity index (χ0v) is 17.8. The van der Waals surface area contributed by atoms with Crippen molar-refractivity contribution in [2.75, 3.05) is 0 Å². The van der Waals surface area contributed by atoms with Crippen LogP contribution >= 0.6 is 0 Å². The Labute approximate surface area is 179 Å². The average Bonchev–Trinajstić information content (AvgIpc) is 3.23. The molecular formula is C26H34O4. The Morgan fingerprint density at radius 1 is 1.33 bits per heavy atom. The molecule has 0 amide bonds. The van der Waals surface area contributed by atoms with Crippen LogP contribution in [-0.4, -0.2) is 33.0 Å². The van der Waals surface area contributed by atoms with Crippen LogP contribution in [0.3, 0.4) is 0 Å². The maximum atomic E-state index is 11.5. The second-order valence-corrected chi connectivity index (χ2v) is 8.92. The number of unbranched alkanes of at least 4 members (excludes halogenated alkanes) is 1. The maximum absolute atomic E-state index is 11.5. The minimum atomic E-state index is -0.890. The van der Waals surface area contributed by atoms with Crippen LogP contribution in [0.25, 0.3) is 0 Å². The summed E-state index contributed by atoms with van der Waals surface area (Å²) in [5.41, 5.74) is 1.59. The van der Waals surface area contributed by atoms with Gasteiger partial charge in [-0.3, -0.25) is 0 Å². The summed E-state index contributed by atoms with van der Waals surface area (Å²) in [6.07, 6.45) is 13.1. The van der Waals surface area contributed by atoms with E-state index in [4.69, 9.17) is 0 Å². The van der Waals surface area contributed by atoms with Crippen molar-refractivity contribution in [2.45, 2.75) is 63.6 Å². The predicted octanol–water partition coefficient (Wildman–Crippen LogP) is 4.92. The molecule has 1 unspecified atom stereocenters. The zero-order valence-electron chi connectivity index (χ0n) is 17.8. The first kappa shape index (κ1) is 22.5. The number of allylic oxidation sites excluding steroid dienone is 2. The van der Waals surface area contributed by atoms with E-state index in [2.05, 4.69) is 25.7 Å². The van der Waals surface area contributed by atoms with E-state index in [1.54, 1.807) is 18.2 Å². The molecule has 0 saturated heterocycles. The molecule has 3 N–H and O–H groups in total. The first-order valence-corrected chi connectivity index (χ1v) is 11.1. The van der Waals surface area contributed by atoms with Crippen LogP contribution in [0.5, 0.6) is 0 Å². The monoisotopic (exact) mass is 410 g/mol. The van der Waals surface area contributed by atoms with Gasteiger partial charge in [-0.1, -0.05) is 67.8 Å². The highest BCUT2D eigenvalue weighted by Crippen LogP contribution is 2.48. The minimum Gasteiger partial charge on any atom is -0.478 e. The lowest BCUT2D eigenvalue weighted by molar-refractivity contribution is 0.0695. The van der Waals surface area contributed by atoms with Crippen molar-refractivity contribution in [1.82, 2.24) is 0 Å². The first-order valence-electron chi connectivity index (χ1n) is 11.1. The van der Waals surface area contributed by atoms with Gasteiger partial charge in [0.15, 0.2) is 0 Å². The largest absolute Gasteiger partial charge is 0.478 e. The van der Waals surface area contributed by atoms with Crippen molar-refractivity contribution in [3.05, 3.63) is 71.8 Å². The van der Waals surface area contributed by atoms with Crippen LogP contribution in [0.1, 0.15) is 61.4 Å². The molecule has 162 valence electrons. The third-order valence-corrected chi connectivity index (χ3v) is 6.79. The number of fused-ring (bicyclic) bond motifs is 1. The fraction of sp³-hybridized carbons (Fsp3) is 0.500. The molecule has 0 radical (unpaired) electrons. The summed E-state index contributed by atoms with van der Waals surface area (Å²) in [7, 11) is 0. The topological polar surface area (TPSA) is 77.8 Å². The highest BCUT2D eigenvalue weighted by atomic mass is 16.4. The van der Waals surface area contributed by atoms with Crippen LogP contribution in [0.2, 0.25) is 0 Å². The van der Waals surface area contributed by atoms with Crippen LogP contribution in [-0.2, 0) is 6.42 Å². The van der Waals surface area contributed by atoms with Crippen molar-refractivity contribution in [1.29, 1.82) is 0 Å². The Hall–Kier alpha value is -2.17. The van der Waals surface area contributed by atoms with E-state index in [1.165, 1.54) is 5.57 Å². The number of carbonyl (C=O) groups is 1. The molecule has 0 bridgehead atoms. The van der Waals surface area contributed by atoms with Gasteiger partial charge < -0.3 is 15.3 Å². The summed E-state index contributed by atoms with van der Waals surface area (Å²) >= 11 is 0. The normalized spacial score (nSPS) is 27.6. The third kappa shape index (κ3) is 5.11. The van der Waals surface area contributed by atoms with Gasteiger partial charge in [-0.05, 0) is 55.6 Å². The van der Waals surface area contributed by atoms with Gasteiger partial charge in [-0.15, -0.1) is 6.58 Å². The lowest BCUT2D eigenvalue weighted by atomic mass is 9.87. The van der Waals surface area contributed by atoms with E-state index < -0.39 is 11.6 Å². The van der Waals surface area contributed by atoms with Gasteiger partial charge in [-0.25, -0.2) is 4.79 Å². The molecule has 4 nitrogen and oxygen atoms in total. The Morgan fingerprint density at radius 2 is 2.10 bits per heavy atom. The highest BCUT2D eigenvalue weighted by molar-refractivity contribution is 5.89. The van der Waals surface area contributed by atoms with Gasteiger partial charge in [0.2, 0.25) is 0 Å². The van der Waals surface area contributed by atoms with Crippen molar-refractivity contribution in [3.63, 3.8) is 0 Å². The molecule has 2 aliphatic rings. The van der Waals surface area contributed by atoms with Crippen molar-refractivity contribution in [3.8, 4) is 0 Å². The van der Waals surface area contributed by atoms with Gasteiger partial charge in [0, 0.05) is 5.92 Å². The smallest absolute Gasteiger partial charge is 0.335 e. The Balaban J connectivity index is 1.64. The van der Waals surface area contributed by atoms with Crippen LogP contribution in [0.15, 0.2) is 60.7 Å². The van der Waals surface area contributed by atoms with Crippen molar-refractivity contribution in [2.24, 2.45) is 17.8 Å². The summed E-state index contributed by atoms with van der Waals surface area (Å²) < 4.78 is 0. The maximum Gasteiger partial charge on any atom is 0.335 e. The zero-order chi connectivity index (χ0) is 21.7. The molecule has 30 heavy (non-hydrogen) atoms. The standard InChI is InChI=1S/C26H34O4/c1-3-5-12-26(30,4-2)13-8-11-22-23-16-18(15-20(23)17-24(22)27)14-19-9-6-7-10-21(19)25(28)29/h4,6-11,15,20,22-24,27,30H,2-3,5,12-14,16-17H2,1H3,(H,28,29)/b11-8+/t20-,22-,23-,24+,26?/m0/s1. The van der Waals surface area contributed by atoms with Gasteiger partial charge >= 0.3 is 5.97 Å². The molecule has 5 atom stereocenters. The number of hydrogen-bond donors (Lipinski definition) is 3. The van der Waals surface area contributed by atoms with E-state index in [0.717, 1.165) is 31.2 Å². The molecule has 0 aromatic heterocycles. The SMILES string of the molecule is C=CC(O)(C/C=C/[C@H]1[C@H]2CC(Cc3ccccc3C(=O)O)=C[C@H]2C[C@H]1O)CCCC. The Kier molecular flexibility index (Phi) is 7.32. The Bertz CT molecular complexity index is 824. The number of aromatic carboxylic acids is 1. The summed E-state index contributed by atoms with van der Waals surface area (Å²) in [5.74, 6) is -0.146. The first-order chi connectivity index (χ1) is 14.4. The second-order valence-electron chi connectivity index (χ2n) is 8.92. The fourth-order valence-corrected chi connectivity index (χ4v) is 5.06. The van der Waals surface area contributed by atoms with Crippen molar-refractivity contribution < 1.29 is 20.1 Å². The summed E-state index contributed by atoms with van der Waals surface area (Å²) in [5, 5.41) is 30.7. The van der Waals surface area contributed by atoms with Gasteiger partial charge in [0.05, 0.1) is 17.3 Å². The minimum absolute atomic E-state index is 0.0682. The Morgan fingerprint density at radius 3 is 2.80 bits per heavy atom. The molecule has 4 heteroatoms. The van der Waals surface area contributed by atoms with E-state index in [-0.39, 0.29) is 12.0 Å². The number of carboxylic acids is 1. The van der Waals surface area contributed by atoms with Crippen LogP contribution in [0.4, 0.5) is 0 Å². The predicted molar refractivity (Wildman–Crippen MR) is 119 cm³/mol. The van der Waals surface area contributed by atoms with E-state index in [1.807, 2.05) is 18.2 Å². The highest BCUT2D eigenvalue weighted by Gasteiger charge is 2.43. The molecule has 0 aliphatic heterocycles. The van der Waals surface area contributed by atoms with Gasteiger partial charge in [-0.2, -0.15) is 0 Å². The van der Waals surface area contributed by atoms with Crippen LogP contribution in [0, 0.1) is 17.8 Å². The summed E-state index contributed by atoms with van der Waals surface area (Å²) in [6, 6.07) is 7.18. The average molecular weight is 411 g/mol. The third-order valence-electron chi connectivity index (χ3n) is 6.79. The van der Waals surface area contributed by atoms with Crippen molar-refractivity contribution >= 4 is 5.97 Å². The number of benzene rings is 1. The number of aliphatic hydroxyl groups is 2. The molecule has 1 aromatic rings. The van der Waals surface area contributed by atoms with E-state index in [0.29, 0.717) is 36.7 Å². The molecule has 2 aliphatic carbocycles. The van der Waals surface area contributed by atoms with Gasteiger partial charge in [0.1, 0.15) is 0 Å². The number of carboxylic acid groups (broad SMARTS) is 1. The molecule has 1 aromatic carbocycles. The second kappa shape index (κ2) is 9.76. The number of aliphatic hydroxyl groups excluding tert-OH is 1. The number of rotatable bonds is 10. The molecule has 0 spiro atoms. The summed E-state index contributed by atoms with van der Waals surface area (Å²) in [6.45, 7) is 5.90. The van der Waals surface area contributed by atoms with Gasteiger partial charge in [0.25, 0.3) is 0 Å². The van der Waals surface area contributed by atoms with Crippen LogP contribution < -0.4 is 0 Å². The number of hydrogen-bond acceptors (Lipinski definition) is 3. The lowest BCUT2D eigenvalue weighted by Gasteiger charge is -2.23. The fourth-order valence-electron chi connectivity index (χ4n) is 5.06. The summed E-state index contributed by atoms with van der Waals surface area (Å²) in [4.78, 5) is 11.5. The van der Waals surface area contributed by atoms with E-state index >= 15 is 0 Å². The molecular weight excluding hydrogens is 376 g/mol. The lowest BCUT2D eigenvalue weighted by Crippen LogP contribution is -2.24.